The van der Waals surface area contributed by atoms with Crippen molar-refractivity contribution in [1.29, 1.82) is 0 Å². The Bertz CT molecular complexity index is 408. The molecule has 1 heterocycles. The number of carbonyl (C=O) groups excluding carboxylic acids is 1. The molecule has 1 aliphatic heterocycles. The molecular formula is C13H18N2OS. The Morgan fingerprint density at radius 1 is 1.47 bits per heavy atom. The Labute approximate surface area is 106 Å². The fraction of sp³-hybridized carbons (Fsp3) is 0.462. The molecule has 3 nitrogen and oxygen atoms in total. The number of likely N-dealkylation sites (tertiary alicyclic amines) is 1. The summed E-state index contributed by atoms with van der Waals surface area (Å²) in [7, 11) is 0. The second-order valence-electron chi connectivity index (χ2n) is 4.35. The third kappa shape index (κ3) is 2.82. The van der Waals surface area contributed by atoms with E-state index in [0.29, 0.717) is 6.54 Å². The molecule has 0 bridgehead atoms. The molecule has 2 N–H and O–H groups in total. The molecule has 1 amide bonds. The molecule has 0 aliphatic carbocycles. The van der Waals surface area contributed by atoms with Crippen molar-refractivity contribution in [2.24, 2.45) is 5.73 Å². The molecule has 1 atom stereocenters. The summed E-state index contributed by atoms with van der Waals surface area (Å²) in [5.74, 6) is 0.116. The Hall–Kier alpha value is -1.00. The summed E-state index contributed by atoms with van der Waals surface area (Å²) < 4.78 is 0. The van der Waals surface area contributed by atoms with Gasteiger partial charge < -0.3 is 10.6 Å². The standard InChI is InChI=1S/C13H18N2OS/c1-17-12-7-3-2-6-11(12)13(16)15-8-4-5-10(14)9-15/h2-3,6-7,10H,4-5,8-9,14H2,1H3/t10-/m0/s1. The van der Waals surface area contributed by atoms with Gasteiger partial charge in [0.2, 0.25) is 0 Å². The van der Waals surface area contributed by atoms with Crippen LogP contribution < -0.4 is 5.73 Å². The summed E-state index contributed by atoms with van der Waals surface area (Å²) in [4.78, 5) is 15.3. The zero-order valence-corrected chi connectivity index (χ0v) is 10.9. The minimum Gasteiger partial charge on any atom is -0.337 e. The number of carbonyl (C=O) groups is 1. The second kappa shape index (κ2) is 5.56. The zero-order chi connectivity index (χ0) is 12.3. The first-order valence-electron chi connectivity index (χ1n) is 5.90. The summed E-state index contributed by atoms with van der Waals surface area (Å²) in [6, 6.07) is 7.89. The lowest BCUT2D eigenvalue weighted by atomic mass is 10.1. The van der Waals surface area contributed by atoms with E-state index < -0.39 is 0 Å². The summed E-state index contributed by atoms with van der Waals surface area (Å²) in [6.45, 7) is 1.51. The lowest BCUT2D eigenvalue weighted by Gasteiger charge is -2.31. The fourth-order valence-corrected chi connectivity index (χ4v) is 2.78. The maximum atomic E-state index is 12.4. The molecule has 0 unspecified atom stereocenters. The van der Waals surface area contributed by atoms with Crippen molar-refractivity contribution >= 4 is 17.7 Å². The highest BCUT2D eigenvalue weighted by Gasteiger charge is 2.23. The van der Waals surface area contributed by atoms with Crippen LogP contribution in [0.2, 0.25) is 0 Å². The van der Waals surface area contributed by atoms with E-state index >= 15 is 0 Å². The Kier molecular flexibility index (Phi) is 4.07. The molecule has 4 heteroatoms. The molecule has 1 saturated heterocycles. The summed E-state index contributed by atoms with van der Waals surface area (Å²) >= 11 is 1.61. The minimum absolute atomic E-state index is 0.116. The van der Waals surface area contributed by atoms with Gasteiger partial charge in [0.25, 0.3) is 5.91 Å². The first kappa shape index (κ1) is 12.5. The molecule has 0 radical (unpaired) electrons. The highest BCUT2D eigenvalue weighted by atomic mass is 32.2. The van der Waals surface area contributed by atoms with Gasteiger partial charge in [0.15, 0.2) is 0 Å². The van der Waals surface area contributed by atoms with Crippen LogP contribution in [0.1, 0.15) is 23.2 Å². The van der Waals surface area contributed by atoms with Crippen molar-refractivity contribution in [2.45, 2.75) is 23.8 Å². The number of nitrogens with two attached hydrogens (primary N) is 1. The number of hydrogen-bond donors (Lipinski definition) is 1. The first-order valence-corrected chi connectivity index (χ1v) is 7.12. The van der Waals surface area contributed by atoms with E-state index in [0.717, 1.165) is 29.8 Å². The molecule has 1 aromatic carbocycles. The van der Waals surface area contributed by atoms with Gasteiger partial charge in [-0.05, 0) is 31.2 Å². The van der Waals surface area contributed by atoms with Gasteiger partial charge in [0.05, 0.1) is 5.56 Å². The van der Waals surface area contributed by atoms with Crippen LogP contribution in [-0.4, -0.2) is 36.2 Å². The second-order valence-corrected chi connectivity index (χ2v) is 5.20. The molecule has 0 aromatic heterocycles. The van der Waals surface area contributed by atoms with Crippen molar-refractivity contribution in [1.82, 2.24) is 4.90 Å². The SMILES string of the molecule is CSc1ccccc1C(=O)N1CCC[C@H](N)C1. The van der Waals surface area contributed by atoms with Gasteiger partial charge in [-0.2, -0.15) is 0 Å². The van der Waals surface area contributed by atoms with Crippen LogP contribution in [0.15, 0.2) is 29.2 Å². The fourth-order valence-electron chi connectivity index (χ4n) is 2.19. The largest absolute Gasteiger partial charge is 0.337 e. The molecular weight excluding hydrogens is 232 g/mol. The normalized spacial score (nSPS) is 20.4. The van der Waals surface area contributed by atoms with Gasteiger partial charge in [-0.15, -0.1) is 11.8 Å². The summed E-state index contributed by atoms with van der Waals surface area (Å²) in [6.07, 6.45) is 4.02. The monoisotopic (exact) mass is 250 g/mol. The van der Waals surface area contributed by atoms with Crippen LogP contribution in [0, 0.1) is 0 Å². The number of nitrogens with zero attached hydrogens (tertiary/aromatic N) is 1. The van der Waals surface area contributed by atoms with Crippen LogP contribution >= 0.6 is 11.8 Å². The van der Waals surface area contributed by atoms with Crippen molar-refractivity contribution in [3.05, 3.63) is 29.8 Å². The molecule has 17 heavy (non-hydrogen) atoms. The molecule has 0 spiro atoms. The van der Waals surface area contributed by atoms with Crippen LogP contribution in [-0.2, 0) is 0 Å². The quantitative estimate of drug-likeness (QED) is 0.816. The van der Waals surface area contributed by atoms with E-state index in [4.69, 9.17) is 5.73 Å². The van der Waals surface area contributed by atoms with Gasteiger partial charge in [-0.3, -0.25) is 4.79 Å². The van der Waals surface area contributed by atoms with E-state index in [1.807, 2.05) is 35.4 Å². The van der Waals surface area contributed by atoms with Crippen molar-refractivity contribution < 1.29 is 4.79 Å². The van der Waals surface area contributed by atoms with Crippen LogP contribution in [0.4, 0.5) is 0 Å². The lowest BCUT2D eigenvalue weighted by molar-refractivity contribution is 0.0705. The lowest BCUT2D eigenvalue weighted by Crippen LogP contribution is -2.45. The molecule has 2 rings (SSSR count). The maximum absolute atomic E-state index is 12.4. The van der Waals surface area contributed by atoms with Crippen LogP contribution in [0.3, 0.4) is 0 Å². The van der Waals surface area contributed by atoms with E-state index in [1.54, 1.807) is 11.8 Å². The Balaban J connectivity index is 2.18. The summed E-state index contributed by atoms with van der Waals surface area (Å²) in [5, 5.41) is 0. The topological polar surface area (TPSA) is 46.3 Å². The van der Waals surface area contributed by atoms with Crippen molar-refractivity contribution in [2.75, 3.05) is 19.3 Å². The van der Waals surface area contributed by atoms with Gasteiger partial charge in [0.1, 0.15) is 0 Å². The van der Waals surface area contributed by atoms with E-state index in [2.05, 4.69) is 0 Å². The predicted octanol–water partition coefficient (Wildman–Crippen LogP) is 1.97. The Morgan fingerprint density at radius 2 is 2.24 bits per heavy atom. The van der Waals surface area contributed by atoms with Gasteiger partial charge in [-0.25, -0.2) is 0 Å². The highest BCUT2D eigenvalue weighted by molar-refractivity contribution is 7.98. The number of rotatable bonds is 2. The van der Waals surface area contributed by atoms with Crippen molar-refractivity contribution in [3.8, 4) is 0 Å². The third-order valence-corrected chi connectivity index (χ3v) is 3.88. The third-order valence-electron chi connectivity index (χ3n) is 3.08. The number of benzene rings is 1. The average molecular weight is 250 g/mol. The van der Waals surface area contributed by atoms with E-state index in [-0.39, 0.29) is 11.9 Å². The molecule has 1 fully saturated rings. The average Bonchev–Trinajstić information content (AvgIpc) is 2.38. The van der Waals surface area contributed by atoms with E-state index in [1.165, 1.54) is 0 Å². The molecule has 92 valence electrons. The number of thioether (sulfide) groups is 1. The van der Waals surface area contributed by atoms with Gasteiger partial charge in [0, 0.05) is 24.0 Å². The molecule has 0 saturated carbocycles. The molecule has 1 aliphatic rings. The summed E-state index contributed by atoms with van der Waals surface area (Å²) in [5.41, 5.74) is 6.71. The zero-order valence-electron chi connectivity index (χ0n) is 10.1. The Morgan fingerprint density at radius 3 is 2.94 bits per heavy atom. The smallest absolute Gasteiger partial charge is 0.255 e. The van der Waals surface area contributed by atoms with Crippen molar-refractivity contribution in [3.63, 3.8) is 0 Å². The minimum atomic E-state index is 0.116. The predicted molar refractivity (Wildman–Crippen MR) is 71.3 cm³/mol. The van der Waals surface area contributed by atoms with Crippen LogP contribution in [0.5, 0.6) is 0 Å². The molecule has 1 aromatic rings. The number of piperidine rings is 1. The number of hydrogen-bond acceptors (Lipinski definition) is 3. The highest BCUT2D eigenvalue weighted by Crippen LogP contribution is 2.22. The first-order chi connectivity index (χ1) is 8.22. The maximum Gasteiger partial charge on any atom is 0.255 e. The van der Waals surface area contributed by atoms with E-state index in [9.17, 15) is 4.79 Å². The van der Waals surface area contributed by atoms with Gasteiger partial charge >= 0.3 is 0 Å². The van der Waals surface area contributed by atoms with Gasteiger partial charge in [-0.1, -0.05) is 12.1 Å². The number of amides is 1. The van der Waals surface area contributed by atoms with Crippen LogP contribution in [0.25, 0.3) is 0 Å².